The Balaban J connectivity index is 1.37. The van der Waals surface area contributed by atoms with Crippen molar-refractivity contribution in [3.8, 4) is 11.1 Å². The van der Waals surface area contributed by atoms with E-state index < -0.39 is 0 Å². The van der Waals surface area contributed by atoms with E-state index in [0.717, 1.165) is 39.0 Å². The summed E-state index contributed by atoms with van der Waals surface area (Å²) in [5.41, 5.74) is 8.82. The minimum Gasteiger partial charge on any atom is -0.456 e. The fourth-order valence-electron chi connectivity index (χ4n) is 7.92. The van der Waals surface area contributed by atoms with Crippen LogP contribution in [0.5, 0.6) is 0 Å². The predicted molar refractivity (Wildman–Crippen MR) is 209 cm³/mol. The zero-order valence-electron chi connectivity index (χ0n) is 27.0. The van der Waals surface area contributed by atoms with Crippen LogP contribution in [0, 0.1) is 6.92 Å². The first-order chi connectivity index (χ1) is 24.2. The van der Waals surface area contributed by atoms with Gasteiger partial charge in [-0.2, -0.15) is 0 Å². The maximum Gasteiger partial charge on any atom is 0.137 e. The fourth-order valence-corrected chi connectivity index (χ4v) is 7.92. The van der Waals surface area contributed by atoms with Gasteiger partial charge in [0.25, 0.3) is 0 Å². The number of anilines is 3. The topological polar surface area (TPSA) is 16.4 Å². The number of hydrogen-bond acceptors (Lipinski definition) is 2. The Bertz CT molecular complexity index is 2900. The molecule has 2 heteroatoms. The molecule has 9 aromatic carbocycles. The van der Waals surface area contributed by atoms with E-state index in [0.29, 0.717) is 0 Å². The molecule has 0 spiro atoms. The summed E-state index contributed by atoms with van der Waals surface area (Å²) in [4.78, 5) is 2.46. The maximum absolute atomic E-state index is 6.50. The highest BCUT2D eigenvalue weighted by Crippen LogP contribution is 2.49. The number of nitrogens with zero attached hydrogens (tertiary/aromatic N) is 1. The van der Waals surface area contributed by atoms with Crippen molar-refractivity contribution in [2.45, 2.75) is 6.92 Å². The van der Waals surface area contributed by atoms with Crippen molar-refractivity contribution >= 4 is 82.1 Å². The van der Waals surface area contributed by atoms with Crippen molar-refractivity contribution in [1.29, 1.82) is 0 Å². The molecule has 230 valence electrons. The van der Waals surface area contributed by atoms with Crippen molar-refractivity contribution in [1.82, 2.24) is 0 Å². The van der Waals surface area contributed by atoms with Gasteiger partial charge < -0.3 is 9.32 Å². The SMILES string of the molecule is Cc1ccc2c(N(c3ccc4c(c3)oc3ccccc34)c3cc4ccccc4c4ccccc34)cc3ccccc3c2c1-c1ccccc1. The molecule has 1 aromatic heterocycles. The van der Waals surface area contributed by atoms with Crippen LogP contribution >= 0.6 is 0 Å². The number of rotatable bonds is 4. The van der Waals surface area contributed by atoms with Crippen molar-refractivity contribution in [3.05, 3.63) is 175 Å². The molecule has 10 rings (SSSR count). The Morgan fingerprint density at radius 2 is 0.980 bits per heavy atom. The summed E-state index contributed by atoms with van der Waals surface area (Å²) in [7, 11) is 0. The molecular weight excluding hydrogens is 595 g/mol. The number of aryl methyl sites for hydroxylation is 1. The lowest BCUT2D eigenvalue weighted by Gasteiger charge is -2.30. The van der Waals surface area contributed by atoms with Gasteiger partial charge in [0, 0.05) is 33.3 Å². The molecule has 0 aliphatic rings. The van der Waals surface area contributed by atoms with Crippen LogP contribution in [0.25, 0.3) is 76.2 Å². The van der Waals surface area contributed by atoms with Crippen molar-refractivity contribution < 1.29 is 4.42 Å². The average Bonchev–Trinajstić information content (AvgIpc) is 3.53. The summed E-state index contributed by atoms with van der Waals surface area (Å²) >= 11 is 0. The standard InChI is InChI=1S/C47H31NO/c1-30-23-25-41-43(28-33-16-6-8-18-36(33)47(41)46(30)31-13-3-2-4-14-31)48(34-24-26-40-39-21-11-12-22-44(39)49-45(40)29-34)42-27-32-15-5-7-17-35(32)37-19-9-10-20-38(37)42/h2-29H,1H3. The minimum atomic E-state index is 0.875. The third-order valence-electron chi connectivity index (χ3n) is 10.1. The van der Waals surface area contributed by atoms with Gasteiger partial charge in [-0.15, -0.1) is 0 Å². The molecule has 2 nitrogen and oxygen atoms in total. The molecule has 1 heterocycles. The molecule has 0 saturated carbocycles. The lowest BCUT2D eigenvalue weighted by atomic mass is 9.89. The van der Waals surface area contributed by atoms with Gasteiger partial charge in [-0.25, -0.2) is 0 Å². The first-order valence-electron chi connectivity index (χ1n) is 16.9. The van der Waals surface area contributed by atoms with E-state index in [2.05, 4.69) is 170 Å². The van der Waals surface area contributed by atoms with Gasteiger partial charge in [0.05, 0.1) is 11.4 Å². The van der Waals surface area contributed by atoms with Crippen LogP contribution < -0.4 is 4.90 Å². The zero-order chi connectivity index (χ0) is 32.5. The quantitative estimate of drug-likeness (QED) is 0.181. The van der Waals surface area contributed by atoms with E-state index in [4.69, 9.17) is 4.42 Å². The van der Waals surface area contributed by atoms with Crippen molar-refractivity contribution in [3.63, 3.8) is 0 Å². The normalized spacial score (nSPS) is 11.8. The molecule has 0 bridgehead atoms. The number of para-hydroxylation sites is 1. The molecule has 0 aliphatic heterocycles. The van der Waals surface area contributed by atoms with Gasteiger partial charge in [0.1, 0.15) is 11.2 Å². The van der Waals surface area contributed by atoms with Gasteiger partial charge in [0.2, 0.25) is 0 Å². The summed E-state index contributed by atoms with van der Waals surface area (Å²) in [5.74, 6) is 0. The summed E-state index contributed by atoms with van der Waals surface area (Å²) in [6.07, 6.45) is 0. The molecule has 0 N–H and O–H groups in total. The van der Waals surface area contributed by atoms with Crippen LogP contribution in [0.4, 0.5) is 17.1 Å². The number of benzene rings is 9. The lowest BCUT2D eigenvalue weighted by Crippen LogP contribution is -2.11. The molecule has 0 unspecified atom stereocenters. The maximum atomic E-state index is 6.50. The second kappa shape index (κ2) is 10.8. The Kier molecular flexibility index (Phi) is 6.13. The van der Waals surface area contributed by atoms with Crippen molar-refractivity contribution in [2.75, 3.05) is 4.90 Å². The molecule has 0 saturated heterocycles. The van der Waals surface area contributed by atoms with Crippen LogP contribution in [-0.2, 0) is 0 Å². The number of hydrogen-bond donors (Lipinski definition) is 0. The Morgan fingerprint density at radius 3 is 1.78 bits per heavy atom. The zero-order valence-corrected chi connectivity index (χ0v) is 27.0. The van der Waals surface area contributed by atoms with Crippen LogP contribution in [0.2, 0.25) is 0 Å². The minimum absolute atomic E-state index is 0.875. The van der Waals surface area contributed by atoms with Gasteiger partial charge in [-0.1, -0.05) is 133 Å². The molecule has 0 radical (unpaired) electrons. The largest absolute Gasteiger partial charge is 0.456 e. The summed E-state index contributed by atoms with van der Waals surface area (Å²) in [6.45, 7) is 2.23. The third kappa shape index (κ3) is 4.28. The molecule has 49 heavy (non-hydrogen) atoms. The van der Waals surface area contributed by atoms with Gasteiger partial charge >= 0.3 is 0 Å². The highest BCUT2D eigenvalue weighted by atomic mass is 16.3. The van der Waals surface area contributed by atoms with E-state index in [1.807, 2.05) is 12.1 Å². The Morgan fingerprint density at radius 1 is 0.408 bits per heavy atom. The number of fused-ring (bicyclic) bond motifs is 9. The Labute approximate surface area is 284 Å². The van der Waals surface area contributed by atoms with Crippen LogP contribution in [0.1, 0.15) is 5.56 Å². The molecule has 0 aliphatic carbocycles. The van der Waals surface area contributed by atoms with Crippen LogP contribution in [0.15, 0.2) is 174 Å². The van der Waals surface area contributed by atoms with E-state index >= 15 is 0 Å². The first-order valence-corrected chi connectivity index (χ1v) is 16.9. The highest BCUT2D eigenvalue weighted by molar-refractivity contribution is 6.22. The monoisotopic (exact) mass is 625 g/mol. The third-order valence-corrected chi connectivity index (χ3v) is 10.1. The second-order valence-corrected chi connectivity index (χ2v) is 12.9. The lowest BCUT2D eigenvalue weighted by molar-refractivity contribution is 0.669. The molecule has 0 atom stereocenters. The highest BCUT2D eigenvalue weighted by Gasteiger charge is 2.23. The smallest absolute Gasteiger partial charge is 0.137 e. The second-order valence-electron chi connectivity index (χ2n) is 12.9. The number of furan rings is 1. The van der Waals surface area contributed by atoms with Gasteiger partial charge in [0.15, 0.2) is 0 Å². The summed E-state index contributed by atoms with van der Waals surface area (Å²) < 4.78 is 6.50. The van der Waals surface area contributed by atoms with Gasteiger partial charge in [-0.3, -0.25) is 0 Å². The summed E-state index contributed by atoms with van der Waals surface area (Å²) in [6, 6.07) is 61.4. The van der Waals surface area contributed by atoms with E-state index in [1.165, 1.54) is 59.8 Å². The van der Waals surface area contributed by atoms with Gasteiger partial charge in [-0.05, 0) is 86.3 Å². The van der Waals surface area contributed by atoms with Crippen LogP contribution in [0.3, 0.4) is 0 Å². The fraction of sp³-hybridized carbons (Fsp3) is 0.0213. The van der Waals surface area contributed by atoms with Crippen molar-refractivity contribution in [2.24, 2.45) is 0 Å². The molecule has 10 aromatic rings. The predicted octanol–water partition coefficient (Wildman–Crippen LogP) is 13.6. The van der Waals surface area contributed by atoms with E-state index in [-0.39, 0.29) is 0 Å². The molecular formula is C47H31NO. The Hall–Kier alpha value is -6.38. The van der Waals surface area contributed by atoms with E-state index in [9.17, 15) is 0 Å². The average molecular weight is 626 g/mol. The molecule has 0 fully saturated rings. The summed E-state index contributed by atoms with van der Waals surface area (Å²) in [5, 5.41) is 12.0. The van der Waals surface area contributed by atoms with E-state index in [1.54, 1.807) is 0 Å². The first kappa shape index (κ1) is 27.7. The van der Waals surface area contributed by atoms with Crippen LogP contribution in [-0.4, -0.2) is 0 Å². The molecule has 0 amide bonds.